The van der Waals surface area contributed by atoms with Crippen molar-refractivity contribution in [2.24, 2.45) is 0 Å². The maximum Gasteiger partial charge on any atom is 0.255 e. The highest BCUT2D eigenvalue weighted by atomic mass is 35.5. The van der Waals surface area contributed by atoms with Crippen LogP contribution in [0.1, 0.15) is 40.9 Å². The van der Waals surface area contributed by atoms with E-state index in [0.717, 1.165) is 23.2 Å². The highest BCUT2D eigenvalue weighted by Crippen LogP contribution is 2.37. The summed E-state index contributed by atoms with van der Waals surface area (Å²) in [5.41, 5.74) is 4.49. The molecule has 0 saturated heterocycles. The van der Waals surface area contributed by atoms with Crippen molar-refractivity contribution in [3.05, 3.63) is 87.9 Å². The number of halogens is 1. The van der Waals surface area contributed by atoms with Gasteiger partial charge < -0.3 is 14.8 Å². The van der Waals surface area contributed by atoms with Gasteiger partial charge in [0.15, 0.2) is 11.5 Å². The molecule has 0 heterocycles. The molecule has 0 aliphatic rings. The topological polar surface area (TPSA) is 47.6 Å². The number of amides is 1. The van der Waals surface area contributed by atoms with Crippen molar-refractivity contribution in [1.29, 1.82) is 0 Å². The summed E-state index contributed by atoms with van der Waals surface area (Å²) in [5, 5.41) is 3.30. The monoisotopic (exact) mass is 423 g/mol. The SMILES string of the molecule is CCOc1cc(C(=O)Nc2ccccc2CC)cc(Cl)c1OCc1ccc(C)cc1. The van der Waals surface area contributed by atoms with Gasteiger partial charge in [0.2, 0.25) is 0 Å². The molecule has 0 unspecified atom stereocenters. The van der Waals surface area contributed by atoms with E-state index in [2.05, 4.69) is 12.2 Å². The van der Waals surface area contributed by atoms with Crippen LogP contribution in [0.4, 0.5) is 5.69 Å². The van der Waals surface area contributed by atoms with Crippen LogP contribution in [0.15, 0.2) is 60.7 Å². The highest BCUT2D eigenvalue weighted by molar-refractivity contribution is 6.32. The Bertz CT molecular complexity index is 1020. The van der Waals surface area contributed by atoms with Gasteiger partial charge in [-0.05, 0) is 49.6 Å². The Morgan fingerprint density at radius 2 is 1.73 bits per heavy atom. The fourth-order valence-corrected chi connectivity index (χ4v) is 3.35. The maximum atomic E-state index is 12.8. The largest absolute Gasteiger partial charge is 0.490 e. The van der Waals surface area contributed by atoms with Gasteiger partial charge in [0.05, 0.1) is 11.6 Å². The van der Waals surface area contributed by atoms with Crippen LogP contribution in [0.5, 0.6) is 11.5 Å². The molecule has 3 aromatic rings. The summed E-state index contributed by atoms with van der Waals surface area (Å²) in [6, 6.07) is 19.1. The van der Waals surface area contributed by atoms with E-state index in [4.69, 9.17) is 21.1 Å². The number of hydrogen-bond acceptors (Lipinski definition) is 3. The van der Waals surface area contributed by atoms with E-state index >= 15 is 0 Å². The van der Waals surface area contributed by atoms with Crippen molar-refractivity contribution < 1.29 is 14.3 Å². The van der Waals surface area contributed by atoms with Gasteiger partial charge in [-0.25, -0.2) is 0 Å². The third kappa shape index (κ3) is 5.33. The molecular weight excluding hydrogens is 398 g/mol. The number of anilines is 1. The summed E-state index contributed by atoms with van der Waals surface area (Å²) in [6.07, 6.45) is 0.827. The Morgan fingerprint density at radius 3 is 2.43 bits per heavy atom. The lowest BCUT2D eigenvalue weighted by Crippen LogP contribution is -2.14. The molecular formula is C25H26ClNO3. The van der Waals surface area contributed by atoms with Gasteiger partial charge >= 0.3 is 0 Å². The molecule has 0 fully saturated rings. The average Bonchev–Trinajstić information content (AvgIpc) is 2.74. The first-order valence-electron chi connectivity index (χ1n) is 10.1. The summed E-state index contributed by atoms with van der Waals surface area (Å²) in [5.74, 6) is 0.638. The molecule has 3 rings (SSSR count). The third-order valence-corrected chi connectivity index (χ3v) is 5.00. The van der Waals surface area contributed by atoms with Crippen LogP contribution in [-0.2, 0) is 13.0 Å². The van der Waals surface area contributed by atoms with Crippen LogP contribution >= 0.6 is 11.6 Å². The highest BCUT2D eigenvalue weighted by Gasteiger charge is 2.17. The zero-order valence-electron chi connectivity index (χ0n) is 17.5. The number of benzene rings is 3. The molecule has 1 amide bonds. The van der Waals surface area contributed by atoms with Crippen LogP contribution in [0.2, 0.25) is 5.02 Å². The molecule has 0 radical (unpaired) electrons. The van der Waals surface area contributed by atoms with Gasteiger partial charge in [-0.15, -0.1) is 0 Å². The second kappa shape index (κ2) is 10.2. The van der Waals surface area contributed by atoms with Crippen LogP contribution < -0.4 is 14.8 Å². The van der Waals surface area contributed by atoms with Gasteiger partial charge in [-0.3, -0.25) is 4.79 Å². The molecule has 0 spiro atoms. The first kappa shape index (κ1) is 21.7. The molecule has 1 N–H and O–H groups in total. The number of carbonyl (C=O) groups excluding carboxylic acids is 1. The van der Waals surface area contributed by atoms with Gasteiger partial charge in [0.1, 0.15) is 6.61 Å². The Labute approximate surface area is 182 Å². The lowest BCUT2D eigenvalue weighted by Gasteiger charge is -2.16. The molecule has 0 aliphatic carbocycles. The van der Waals surface area contributed by atoms with E-state index in [1.54, 1.807) is 12.1 Å². The molecule has 0 bridgehead atoms. The van der Waals surface area contributed by atoms with Crippen LogP contribution in [-0.4, -0.2) is 12.5 Å². The molecule has 0 atom stereocenters. The van der Waals surface area contributed by atoms with E-state index in [9.17, 15) is 4.79 Å². The number of rotatable bonds is 8. The predicted molar refractivity (Wildman–Crippen MR) is 122 cm³/mol. The van der Waals surface area contributed by atoms with E-state index in [-0.39, 0.29) is 5.91 Å². The van der Waals surface area contributed by atoms with Gasteiger partial charge in [0, 0.05) is 11.3 Å². The molecule has 0 aliphatic heterocycles. The lowest BCUT2D eigenvalue weighted by molar-refractivity contribution is 0.102. The number of carbonyl (C=O) groups is 1. The summed E-state index contributed by atoms with van der Waals surface area (Å²) in [6.45, 7) is 6.75. The third-order valence-electron chi connectivity index (χ3n) is 4.72. The van der Waals surface area contributed by atoms with E-state index in [1.165, 1.54) is 5.56 Å². The first-order valence-corrected chi connectivity index (χ1v) is 10.4. The number of para-hydroxylation sites is 1. The average molecular weight is 424 g/mol. The van der Waals surface area contributed by atoms with Gasteiger partial charge in [-0.1, -0.05) is 66.6 Å². The van der Waals surface area contributed by atoms with Crippen LogP contribution in [0.25, 0.3) is 0 Å². The van der Waals surface area contributed by atoms with Gasteiger partial charge in [0.25, 0.3) is 5.91 Å². The Balaban J connectivity index is 1.82. The van der Waals surface area contributed by atoms with Crippen molar-refractivity contribution in [2.75, 3.05) is 11.9 Å². The number of hydrogen-bond donors (Lipinski definition) is 1. The number of nitrogens with one attached hydrogen (secondary N) is 1. The summed E-state index contributed by atoms with van der Waals surface area (Å²) >= 11 is 6.48. The fourth-order valence-electron chi connectivity index (χ4n) is 3.09. The van der Waals surface area contributed by atoms with Crippen molar-refractivity contribution >= 4 is 23.2 Å². The molecule has 0 saturated carbocycles. The van der Waals surface area contributed by atoms with Crippen molar-refractivity contribution in [3.63, 3.8) is 0 Å². The van der Waals surface area contributed by atoms with Crippen molar-refractivity contribution in [2.45, 2.75) is 33.8 Å². The molecule has 5 heteroatoms. The van der Waals surface area contributed by atoms with Gasteiger partial charge in [-0.2, -0.15) is 0 Å². The first-order chi connectivity index (χ1) is 14.5. The Morgan fingerprint density at radius 1 is 1.00 bits per heavy atom. The second-order valence-corrected chi connectivity index (χ2v) is 7.36. The quantitative estimate of drug-likeness (QED) is 0.453. The Kier molecular flexibility index (Phi) is 7.36. The van der Waals surface area contributed by atoms with Crippen molar-refractivity contribution in [3.8, 4) is 11.5 Å². The summed E-state index contributed by atoms with van der Waals surface area (Å²) in [7, 11) is 0. The molecule has 4 nitrogen and oxygen atoms in total. The molecule has 156 valence electrons. The summed E-state index contributed by atoms with van der Waals surface area (Å²) in [4.78, 5) is 12.8. The zero-order valence-corrected chi connectivity index (χ0v) is 18.3. The maximum absolute atomic E-state index is 12.8. The second-order valence-electron chi connectivity index (χ2n) is 6.96. The minimum atomic E-state index is -0.246. The fraction of sp³-hybridized carbons (Fsp3) is 0.240. The number of ether oxygens (including phenoxy) is 2. The number of aryl methyl sites for hydroxylation is 2. The van der Waals surface area contributed by atoms with E-state index in [1.807, 2.05) is 62.4 Å². The smallest absolute Gasteiger partial charge is 0.255 e. The minimum Gasteiger partial charge on any atom is -0.490 e. The molecule has 3 aromatic carbocycles. The summed E-state index contributed by atoms with van der Waals surface area (Å²) < 4.78 is 11.7. The lowest BCUT2D eigenvalue weighted by atomic mass is 10.1. The molecule has 0 aromatic heterocycles. The minimum absolute atomic E-state index is 0.246. The normalized spacial score (nSPS) is 10.5. The predicted octanol–water partition coefficient (Wildman–Crippen LogP) is 6.44. The van der Waals surface area contributed by atoms with E-state index < -0.39 is 0 Å². The van der Waals surface area contributed by atoms with Crippen LogP contribution in [0, 0.1) is 6.92 Å². The Hall–Kier alpha value is -2.98. The van der Waals surface area contributed by atoms with E-state index in [0.29, 0.717) is 35.3 Å². The standard InChI is InChI=1S/C25H26ClNO3/c1-4-19-8-6-7-9-22(19)27-25(28)20-14-21(26)24(23(15-20)29-5-2)30-16-18-12-10-17(3)11-13-18/h6-15H,4-5,16H2,1-3H3,(H,27,28). The van der Waals surface area contributed by atoms with Crippen LogP contribution in [0.3, 0.4) is 0 Å². The molecule has 30 heavy (non-hydrogen) atoms. The zero-order chi connectivity index (χ0) is 21.5. The van der Waals surface area contributed by atoms with Crippen molar-refractivity contribution in [1.82, 2.24) is 0 Å².